The third-order valence-electron chi connectivity index (χ3n) is 5.84. The lowest BCUT2D eigenvalue weighted by Crippen LogP contribution is -2.45. The Hall–Kier alpha value is -2.68. The lowest BCUT2D eigenvalue weighted by molar-refractivity contribution is -0.106. The molecule has 0 bridgehead atoms. The number of fused-ring (bicyclic) bond motifs is 1. The first-order valence-electron chi connectivity index (χ1n) is 10.0. The van der Waals surface area contributed by atoms with Gasteiger partial charge in [-0.05, 0) is 30.7 Å². The van der Waals surface area contributed by atoms with E-state index in [1.54, 1.807) is 13.2 Å². The molecule has 2 aliphatic rings. The highest BCUT2D eigenvalue weighted by Gasteiger charge is 2.44. The van der Waals surface area contributed by atoms with E-state index in [0.717, 1.165) is 38.1 Å². The van der Waals surface area contributed by atoms with Crippen molar-refractivity contribution in [2.24, 2.45) is 5.41 Å². The number of hydrogen-bond donors (Lipinski definition) is 1. The maximum Gasteiger partial charge on any atom is 0.164 e. The van der Waals surface area contributed by atoms with Crippen LogP contribution in [0, 0.1) is 11.2 Å². The first-order valence-corrected chi connectivity index (χ1v) is 10.4. The zero-order chi connectivity index (χ0) is 21.4. The van der Waals surface area contributed by atoms with E-state index >= 15 is 0 Å². The van der Waals surface area contributed by atoms with Gasteiger partial charge in [-0.2, -0.15) is 0 Å². The van der Waals surface area contributed by atoms with Crippen molar-refractivity contribution in [3.8, 4) is 11.5 Å². The number of nitrogens with zero attached hydrogens (tertiary/aromatic N) is 3. The highest BCUT2D eigenvalue weighted by atomic mass is 35.5. The maximum absolute atomic E-state index is 13.5. The van der Waals surface area contributed by atoms with Gasteiger partial charge in [0, 0.05) is 35.6 Å². The van der Waals surface area contributed by atoms with E-state index in [-0.39, 0.29) is 5.02 Å². The van der Waals surface area contributed by atoms with Crippen LogP contribution in [0.5, 0.6) is 11.5 Å². The minimum Gasteiger partial charge on any atom is -0.493 e. The quantitative estimate of drug-likeness (QED) is 0.610. The van der Waals surface area contributed by atoms with Gasteiger partial charge in [-0.1, -0.05) is 11.6 Å². The number of rotatable bonds is 6. The van der Waals surface area contributed by atoms with Crippen molar-refractivity contribution in [2.75, 3.05) is 45.5 Å². The van der Waals surface area contributed by atoms with Gasteiger partial charge >= 0.3 is 0 Å². The number of benzene rings is 2. The third kappa shape index (κ3) is 3.98. The Morgan fingerprint density at radius 3 is 2.81 bits per heavy atom. The number of likely N-dealkylation sites (tertiary alicyclic amines) is 1. The Morgan fingerprint density at radius 1 is 1.23 bits per heavy atom. The largest absolute Gasteiger partial charge is 0.493 e. The summed E-state index contributed by atoms with van der Waals surface area (Å²) in [5.74, 6) is 1.29. The van der Waals surface area contributed by atoms with Gasteiger partial charge in [0.05, 0.1) is 30.9 Å². The van der Waals surface area contributed by atoms with Crippen LogP contribution in [0.2, 0.25) is 5.02 Å². The molecule has 2 saturated heterocycles. The molecule has 7 nitrogen and oxygen atoms in total. The molecule has 9 heteroatoms. The van der Waals surface area contributed by atoms with E-state index in [0.29, 0.717) is 40.7 Å². The van der Waals surface area contributed by atoms with Crippen LogP contribution < -0.4 is 14.8 Å². The Labute approximate surface area is 184 Å². The first-order chi connectivity index (χ1) is 15.0. The van der Waals surface area contributed by atoms with E-state index in [1.807, 2.05) is 12.1 Å². The molecule has 0 atom stereocenters. The summed E-state index contributed by atoms with van der Waals surface area (Å²) in [5, 5.41) is 3.97. The number of hydrogen-bond acceptors (Lipinski definition) is 7. The van der Waals surface area contributed by atoms with Crippen molar-refractivity contribution in [2.45, 2.75) is 6.42 Å². The molecule has 0 unspecified atom stereocenters. The lowest BCUT2D eigenvalue weighted by atomic mass is 9.85. The van der Waals surface area contributed by atoms with Crippen LogP contribution in [0.15, 0.2) is 36.7 Å². The van der Waals surface area contributed by atoms with Crippen LogP contribution in [-0.2, 0) is 4.74 Å². The van der Waals surface area contributed by atoms with Gasteiger partial charge in [0.25, 0.3) is 0 Å². The number of halogens is 2. The summed E-state index contributed by atoms with van der Waals surface area (Å²) in [6.45, 7) is 4.10. The molecule has 3 aromatic rings. The summed E-state index contributed by atoms with van der Waals surface area (Å²) in [6.07, 6.45) is 2.59. The number of aromatic nitrogens is 2. The van der Waals surface area contributed by atoms with Crippen molar-refractivity contribution < 1.29 is 18.6 Å². The molecular weight excluding hydrogens is 423 g/mol. The van der Waals surface area contributed by atoms with Gasteiger partial charge in [0.2, 0.25) is 0 Å². The summed E-state index contributed by atoms with van der Waals surface area (Å²) < 4.78 is 30.5. The lowest BCUT2D eigenvalue weighted by Gasteiger charge is -2.37. The Kier molecular flexibility index (Phi) is 5.29. The number of methoxy groups -OCH3 is 1. The molecular formula is C22H22ClFN4O3. The van der Waals surface area contributed by atoms with Gasteiger partial charge in [0.1, 0.15) is 24.7 Å². The average molecular weight is 445 g/mol. The minimum absolute atomic E-state index is 0.0364. The molecule has 162 valence electrons. The van der Waals surface area contributed by atoms with Gasteiger partial charge in [-0.3, -0.25) is 4.90 Å². The normalized spacial score (nSPS) is 17.6. The Morgan fingerprint density at radius 2 is 2.10 bits per heavy atom. The van der Waals surface area contributed by atoms with Crippen molar-refractivity contribution in [3.63, 3.8) is 0 Å². The number of nitrogens with one attached hydrogen (secondary N) is 1. The second-order valence-electron chi connectivity index (χ2n) is 8.07. The number of ether oxygens (including phenoxy) is 3. The second-order valence-corrected chi connectivity index (χ2v) is 8.47. The molecule has 5 rings (SSSR count). The molecule has 0 radical (unpaired) electrons. The molecule has 3 heterocycles. The monoisotopic (exact) mass is 444 g/mol. The smallest absolute Gasteiger partial charge is 0.164 e. The summed E-state index contributed by atoms with van der Waals surface area (Å²) in [7, 11) is 1.60. The molecule has 1 spiro atoms. The van der Waals surface area contributed by atoms with Gasteiger partial charge in [-0.25, -0.2) is 14.4 Å². The van der Waals surface area contributed by atoms with E-state index in [1.165, 1.54) is 18.5 Å². The van der Waals surface area contributed by atoms with Crippen LogP contribution in [0.25, 0.3) is 10.9 Å². The molecule has 2 aliphatic heterocycles. The van der Waals surface area contributed by atoms with E-state index in [4.69, 9.17) is 25.8 Å². The van der Waals surface area contributed by atoms with Crippen LogP contribution >= 0.6 is 11.6 Å². The number of anilines is 2. The maximum atomic E-state index is 13.5. The highest BCUT2D eigenvalue weighted by Crippen LogP contribution is 2.38. The molecule has 0 aliphatic carbocycles. The zero-order valence-corrected chi connectivity index (χ0v) is 17.8. The molecule has 2 fully saturated rings. The zero-order valence-electron chi connectivity index (χ0n) is 17.0. The third-order valence-corrected chi connectivity index (χ3v) is 6.13. The average Bonchev–Trinajstić information content (AvgIpc) is 3.20. The van der Waals surface area contributed by atoms with Gasteiger partial charge in [-0.15, -0.1) is 0 Å². The van der Waals surface area contributed by atoms with E-state index in [2.05, 4.69) is 20.2 Å². The SMILES string of the molecule is COc1cc2ncnc(Nc3ccc(F)c(Cl)c3)c2cc1OCN1CCC2(COC2)C1. The molecule has 0 amide bonds. The first kappa shape index (κ1) is 20.2. The van der Waals surface area contributed by atoms with Crippen molar-refractivity contribution in [1.82, 2.24) is 14.9 Å². The van der Waals surface area contributed by atoms with E-state index in [9.17, 15) is 4.39 Å². The second kappa shape index (κ2) is 8.11. The fraction of sp³-hybridized carbons (Fsp3) is 0.364. The van der Waals surface area contributed by atoms with Crippen molar-refractivity contribution in [1.29, 1.82) is 0 Å². The fourth-order valence-corrected chi connectivity index (χ4v) is 4.25. The molecule has 31 heavy (non-hydrogen) atoms. The molecule has 1 N–H and O–H groups in total. The fourth-order valence-electron chi connectivity index (χ4n) is 4.07. The van der Waals surface area contributed by atoms with Gasteiger partial charge in [0.15, 0.2) is 11.5 Å². The molecule has 0 saturated carbocycles. The van der Waals surface area contributed by atoms with E-state index < -0.39 is 5.82 Å². The standard InChI is InChI=1S/C22H22ClFN4O3/c1-29-19-8-18-15(7-20(19)31-13-28-5-4-22(9-28)10-30-11-22)21(26-12-25-18)27-14-2-3-17(24)16(23)6-14/h2-3,6-8,12H,4-5,9-11,13H2,1H3,(H,25,26,27). The predicted molar refractivity (Wildman–Crippen MR) is 116 cm³/mol. The summed E-state index contributed by atoms with van der Waals surface area (Å²) in [6, 6.07) is 8.10. The summed E-state index contributed by atoms with van der Waals surface area (Å²) in [4.78, 5) is 11.0. The van der Waals surface area contributed by atoms with Crippen molar-refractivity contribution >= 4 is 34.0 Å². The Balaban J connectivity index is 1.40. The predicted octanol–water partition coefficient (Wildman–Crippen LogP) is 4.23. The van der Waals surface area contributed by atoms with Gasteiger partial charge < -0.3 is 19.5 Å². The minimum atomic E-state index is -0.475. The Bertz CT molecular complexity index is 1130. The van der Waals surface area contributed by atoms with Crippen molar-refractivity contribution in [3.05, 3.63) is 47.5 Å². The van der Waals surface area contributed by atoms with Crippen LogP contribution in [0.4, 0.5) is 15.9 Å². The summed E-state index contributed by atoms with van der Waals surface area (Å²) >= 11 is 5.90. The highest BCUT2D eigenvalue weighted by molar-refractivity contribution is 6.31. The topological polar surface area (TPSA) is 68.7 Å². The summed E-state index contributed by atoms with van der Waals surface area (Å²) in [5.41, 5.74) is 1.62. The molecule has 1 aromatic heterocycles. The van der Waals surface area contributed by atoms with Crippen LogP contribution in [-0.4, -0.2) is 55.0 Å². The molecule has 2 aromatic carbocycles. The van der Waals surface area contributed by atoms with Crippen LogP contribution in [0.3, 0.4) is 0 Å². The van der Waals surface area contributed by atoms with Crippen LogP contribution in [0.1, 0.15) is 6.42 Å².